The first-order chi connectivity index (χ1) is 8.43. The summed E-state index contributed by atoms with van der Waals surface area (Å²) in [6, 6.07) is 4.25. The fourth-order valence-electron chi connectivity index (χ4n) is 1.64. The number of furan rings is 1. The molecule has 0 bridgehead atoms. The van der Waals surface area contributed by atoms with Gasteiger partial charge in [0.25, 0.3) is 0 Å². The van der Waals surface area contributed by atoms with Crippen molar-refractivity contribution in [3.05, 3.63) is 41.9 Å². The number of halogens is 4. The molecule has 96 valence electrons. The average molecular weight is 260 g/mol. The van der Waals surface area contributed by atoms with E-state index >= 15 is 0 Å². The molecule has 0 aliphatic rings. The lowest BCUT2D eigenvalue weighted by Gasteiger charge is -2.14. The van der Waals surface area contributed by atoms with Crippen molar-refractivity contribution >= 4 is 0 Å². The van der Waals surface area contributed by atoms with Crippen LogP contribution in [-0.4, -0.2) is 7.11 Å². The number of rotatable bonds is 2. The van der Waals surface area contributed by atoms with E-state index in [0.29, 0.717) is 6.07 Å². The van der Waals surface area contributed by atoms with Gasteiger partial charge in [-0.3, -0.25) is 0 Å². The fraction of sp³-hybridized carbons (Fsp3) is 0.167. The minimum Gasteiger partial charge on any atom is -0.495 e. The smallest absolute Gasteiger partial charge is 0.420 e. The highest BCUT2D eigenvalue weighted by atomic mass is 19.4. The summed E-state index contributed by atoms with van der Waals surface area (Å²) in [5.41, 5.74) is -1.24. The lowest BCUT2D eigenvalue weighted by Crippen LogP contribution is -2.09. The highest BCUT2D eigenvalue weighted by Gasteiger charge is 2.36. The molecule has 1 aromatic carbocycles. The van der Waals surface area contributed by atoms with Crippen molar-refractivity contribution in [2.75, 3.05) is 7.11 Å². The number of methoxy groups -OCH3 is 1. The Bertz CT molecular complexity index is 544. The maximum atomic E-state index is 13.3. The maximum absolute atomic E-state index is 13.3. The van der Waals surface area contributed by atoms with Gasteiger partial charge in [0.05, 0.1) is 18.9 Å². The van der Waals surface area contributed by atoms with Gasteiger partial charge in [0, 0.05) is 0 Å². The van der Waals surface area contributed by atoms with Gasteiger partial charge in [-0.05, 0) is 24.3 Å². The molecule has 0 atom stereocenters. The van der Waals surface area contributed by atoms with Crippen LogP contribution in [0.4, 0.5) is 17.6 Å². The number of alkyl halides is 3. The van der Waals surface area contributed by atoms with Crippen LogP contribution in [0.25, 0.3) is 11.3 Å². The summed E-state index contributed by atoms with van der Waals surface area (Å²) in [6.07, 6.45) is -3.41. The molecular weight excluding hydrogens is 252 g/mol. The monoisotopic (exact) mass is 260 g/mol. The summed E-state index contributed by atoms with van der Waals surface area (Å²) in [4.78, 5) is 0. The third kappa shape index (κ3) is 2.18. The molecule has 6 heteroatoms. The van der Waals surface area contributed by atoms with E-state index in [0.717, 1.165) is 13.2 Å². The van der Waals surface area contributed by atoms with Crippen molar-refractivity contribution in [1.29, 1.82) is 0 Å². The van der Waals surface area contributed by atoms with Gasteiger partial charge in [0.15, 0.2) is 0 Å². The summed E-state index contributed by atoms with van der Waals surface area (Å²) in [5.74, 6) is -1.36. The van der Waals surface area contributed by atoms with Crippen LogP contribution >= 0.6 is 0 Å². The van der Waals surface area contributed by atoms with E-state index in [1.807, 2.05) is 0 Å². The van der Waals surface area contributed by atoms with E-state index < -0.39 is 23.3 Å². The minimum absolute atomic E-state index is 0.0742. The Hall–Kier alpha value is -1.98. The Morgan fingerprint density at radius 2 is 1.94 bits per heavy atom. The second kappa shape index (κ2) is 4.36. The molecule has 2 rings (SSSR count). The van der Waals surface area contributed by atoms with Gasteiger partial charge in [-0.15, -0.1) is 0 Å². The first kappa shape index (κ1) is 12.5. The zero-order chi connectivity index (χ0) is 13.3. The summed E-state index contributed by atoms with van der Waals surface area (Å²) in [6.45, 7) is 0. The standard InChI is InChI=1S/C12H8F4O2/c1-17-11-8(10-3-2-4-18-10)5-7(13)6-9(11)12(14,15)16/h2-6H,1H3. The van der Waals surface area contributed by atoms with E-state index in [9.17, 15) is 17.6 Å². The van der Waals surface area contributed by atoms with Crippen LogP contribution in [0.15, 0.2) is 34.9 Å². The van der Waals surface area contributed by atoms with Crippen LogP contribution < -0.4 is 4.74 Å². The van der Waals surface area contributed by atoms with Gasteiger partial charge < -0.3 is 9.15 Å². The SMILES string of the molecule is COc1c(-c2ccco2)cc(F)cc1C(F)(F)F. The highest BCUT2D eigenvalue weighted by molar-refractivity contribution is 5.68. The third-order valence-corrected chi connectivity index (χ3v) is 2.35. The van der Waals surface area contributed by atoms with Crippen molar-refractivity contribution in [3.8, 4) is 17.1 Å². The predicted octanol–water partition coefficient (Wildman–Crippen LogP) is 4.11. The summed E-state index contributed by atoms with van der Waals surface area (Å²) >= 11 is 0. The van der Waals surface area contributed by atoms with Crippen LogP contribution in [0.1, 0.15) is 5.56 Å². The average Bonchev–Trinajstić information content (AvgIpc) is 2.80. The van der Waals surface area contributed by atoms with Crippen LogP contribution in [0, 0.1) is 5.82 Å². The number of benzene rings is 1. The lowest BCUT2D eigenvalue weighted by molar-refractivity contribution is -0.138. The normalized spacial score (nSPS) is 11.6. The molecule has 0 saturated carbocycles. The molecule has 0 radical (unpaired) electrons. The van der Waals surface area contributed by atoms with Crippen molar-refractivity contribution in [1.82, 2.24) is 0 Å². The zero-order valence-electron chi connectivity index (χ0n) is 9.22. The molecule has 0 aliphatic carbocycles. The molecule has 1 heterocycles. The summed E-state index contributed by atoms with van der Waals surface area (Å²) < 4.78 is 61.3. The largest absolute Gasteiger partial charge is 0.495 e. The second-order valence-electron chi connectivity index (χ2n) is 3.51. The van der Waals surface area contributed by atoms with Gasteiger partial charge in [0.1, 0.15) is 22.9 Å². The van der Waals surface area contributed by atoms with Crippen LogP contribution in [0.3, 0.4) is 0 Å². The van der Waals surface area contributed by atoms with Gasteiger partial charge in [0.2, 0.25) is 0 Å². The second-order valence-corrected chi connectivity index (χ2v) is 3.51. The van der Waals surface area contributed by atoms with Crippen molar-refractivity contribution in [2.24, 2.45) is 0 Å². The molecule has 0 amide bonds. The zero-order valence-corrected chi connectivity index (χ0v) is 9.22. The maximum Gasteiger partial charge on any atom is 0.420 e. The third-order valence-electron chi connectivity index (χ3n) is 2.35. The highest BCUT2D eigenvalue weighted by Crippen LogP contribution is 2.42. The lowest BCUT2D eigenvalue weighted by atomic mass is 10.1. The molecule has 0 saturated heterocycles. The fourth-order valence-corrected chi connectivity index (χ4v) is 1.64. The minimum atomic E-state index is -4.70. The summed E-state index contributed by atoms with van der Waals surface area (Å²) in [7, 11) is 1.09. The topological polar surface area (TPSA) is 22.4 Å². The molecule has 0 unspecified atom stereocenters. The Balaban J connectivity index is 2.71. The molecule has 2 nitrogen and oxygen atoms in total. The van der Waals surface area contributed by atoms with Crippen LogP contribution in [-0.2, 0) is 6.18 Å². The molecule has 0 spiro atoms. The van der Waals surface area contributed by atoms with E-state index in [4.69, 9.17) is 9.15 Å². The van der Waals surface area contributed by atoms with Gasteiger partial charge in [-0.1, -0.05) is 0 Å². The Morgan fingerprint density at radius 1 is 1.22 bits per heavy atom. The summed E-state index contributed by atoms with van der Waals surface area (Å²) in [5, 5.41) is 0. The van der Waals surface area contributed by atoms with Gasteiger partial charge in [-0.2, -0.15) is 13.2 Å². The van der Waals surface area contributed by atoms with Crippen LogP contribution in [0.5, 0.6) is 5.75 Å². The number of hydrogen-bond donors (Lipinski definition) is 0. The van der Waals surface area contributed by atoms with Crippen LogP contribution in [0.2, 0.25) is 0 Å². The molecule has 2 aromatic rings. The predicted molar refractivity (Wildman–Crippen MR) is 55.7 cm³/mol. The van der Waals surface area contributed by atoms with Gasteiger partial charge in [-0.25, -0.2) is 4.39 Å². The van der Waals surface area contributed by atoms with Crippen molar-refractivity contribution < 1.29 is 26.7 Å². The quantitative estimate of drug-likeness (QED) is 0.758. The van der Waals surface area contributed by atoms with E-state index in [1.165, 1.54) is 18.4 Å². The van der Waals surface area contributed by atoms with E-state index in [1.54, 1.807) is 0 Å². The Morgan fingerprint density at radius 3 is 2.44 bits per heavy atom. The van der Waals surface area contributed by atoms with Crippen molar-refractivity contribution in [3.63, 3.8) is 0 Å². The first-order valence-electron chi connectivity index (χ1n) is 4.92. The number of ether oxygens (including phenoxy) is 1. The molecule has 0 N–H and O–H groups in total. The molecule has 1 aromatic heterocycles. The first-order valence-corrected chi connectivity index (χ1v) is 4.92. The van der Waals surface area contributed by atoms with E-state index in [-0.39, 0.29) is 11.3 Å². The Kier molecular flexibility index (Phi) is 3.02. The van der Waals surface area contributed by atoms with E-state index in [2.05, 4.69) is 0 Å². The van der Waals surface area contributed by atoms with Crippen molar-refractivity contribution in [2.45, 2.75) is 6.18 Å². The molecule has 0 aliphatic heterocycles. The molecule has 0 fully saturated rings. The number of hydrogen-bond acceptors (Lipinski definition) is 2. The molecule has 18 heavy (non-hydrogen) atoms. The van der Waals surface area contributed by atoms with Gasteiger partial charge >= 0.3 is 6.18 Å². The Labute approximate surface area is 99.8 Å². The molecular formula is C12H8F4O2.